The minimum atomic E-state index is -0.273. The summed E-state index contributed by atoms with van der Waals surface area (Å²) in [5.74, 6) is 1.48. The van der Waals surface area contributed by atoms with Gasteiger partial charge < -0.3 is 19.5 Å². The summed E-state index contributed by atoms with van der Waals surface area (Å²) in [5, 5.41) is 7.41. The molecule has 8 nitrogen and oxygen atoms in total. The molecule has 0 unspecified atom stereocenters. The van der Waals surface area contributed by atoms with Crippen molar-refractivity contribution < 1.29 is 19.0 Å². The van der Waals surface area contributed by atoms with E-state index in [1.54, 1.807) is 37.1 Å². The molecule has 4 rings (SSSR count). The number of hydrogen-bond acceptors (Lipinski definition) is 6. The van der Waals surface area contributed by atoms with Gasteiger partial charge in [-0.25, -0.2) is 4.68 Å². The summed E-state index contributed by atoms with van der Waals surface area (Å²) in [6, 6.07) is 20.8. The third-order valence-corrected chi connectivity index (χ3v) is 5.15. The second-order valence-corrected chi connectivity index (χ2v) is 7.53. The van der Waals surface area contributed by atoms with Crippen LogP contribution in [-0.4, -0.2) is 41.5 Å². The molecule has 0 saturated carbocycles. The summed E-state index contributed by atoms with van der Waals surface area (Å²) in [7, 11) is 3.09. The van der Waals surface area contributed by atoms with Crippen LogP contribution in [0.3, 0.4) is 0 Å². The average molecular weight is 459 g/mol. The number of carbonyl (C=O) groups excluding carboxylic acids is 1. The first-order valence-corrected chi connectivity index (χ1v) is 10.8. The van der Waals surface area contributed by atoms with Crippen molar-refractivity contribution in [1.29, 1.82) is 0 Å². The predicted molar refractivity (Wildman–Crippen MR) is 130 cm³/mol. The van der Waals surface area contributed by atoms with Gasteiger partial charge in [-0.2, -0.15) is 4.98 Å². The van der Waals surface area contributed by atoms with Crippen LogP contribution in [0.25, 0.3) is 17.1 Å². The van der Waals surface area contributed by atoms with E-state index in [0.29, 0.717) is 41.2 Å². The van der Waals surface area contributed by atoms with E-state index in [1.807, 2.05) is 62.4 Å². The van der Waals surface area contributed by atoms with Crippen LogP contribution in [0.4, 0.5) is 5.69 Å². The molecule has 1 heterocycles. The molecule has 1 N–H and O–H groups in total. The van der Waals surface area contributed by atoms with Crippen LogP contribution < -0.4 is 19.5 Å². The molecule has 0 aliphatic rings. The number of aromatic nitrogens is 3. The Morgan fingerprint density at radius 1 is 0.941 bits per heavy atom. The number of nitrogens with zero attached hydrogens (tertiary/aromatic N) is 3. The number of carbonyl (C=O) groups is 1. The van der Waals surface area contributed by atoms with Crippen LogP contribution in [0.15, 0.2) is 66.7 Å². The molecule has 34 heavy (non-hydrogen) atoms. The quantitative estimate of drug-likeness (QED) is 0.404. The Morgan fingerprint density at radius 2 is 1.59 bits per heavy atom. The van der Waals surface area contributed by atoms with Crippen LogP contribution in [0.5, 0.6) is 17.5 Å². The predicted octanol–water partition coefficient (Wildman–Crippen LogP) is 4.91. The molecule has 0 saturated heterocycles. The SMILES string of the molecule is CCOc1nc(-c2ccc(C)cc2)n(-c2ccc(NC(=O)c3cc(OC)cc(OC)c3)cc2)n1. The maximum Gasteiger partial charge on any atom is 0.336 e. The first kappa shape index (κ1) is 22.8. The van der Waals surface area contributed by atoms with Gasteiger partial charge in [-0.15, -0.1) is 5.10 Å². The third-order valence-electron chi connectivity index (χ3n) is 5.15. The van der Waals surface area contributed by atoms with Gasteiger partial charge in [0.1, 0.15) is 11.5 Å². The van der Waals surface area contributed by atoms with E-state index in [9.17, 15) is 4.79 Å². The molecular weight excluding hydrogens is 432 g/mol. The van der Waals surface area contributed by atoms with E-state index in [-0.39, 0.29) is 5.91 Å². The van der Waals surface area contributed by atoms with Crippen molar-refractivity contribution in [3.8, 4) is 34.6 Å². The Bertz CT molecular complexity index is 1260. The topological polar surface area (TPSA) is 87.5 Å². The van der Waals surface area contributed by atoms with Crippen LogP contribution in [0.2, 0.25) is 0 Å². The summed E-state index contributed by atoms with van der Waals surface area (Å²) < 4.78 is 17.8. The zero-order valence-corrected chi connectivity index (χ0v) is 19.5. The summed E-state index contributed by atoms with van der Waals surface area (Å²) in [4.78, 5) is 17.3. The fraction of sp³-hybridized carbons (Fsp3) is 0.192. The number of nitrogens with one attached hydrogen (secondary N) is 1. The smallest absolute Gasteiger partial charge is 0.336 e. The Balaban J connectivity index is 1.59. The van der Waals surface area contributed by atoms with Gasteiger partial charge in [0.25, 0.3) is 5.91 Å². The van der Waals surface area contributed by atoms with Crippen molar-refractivity contribution in [3.63, 3.8) is 0 Å². The molecule has 0 spiro atoms. The third kappa shape index (κ3) is 5.01. The van der Waals surface area contributed by atoms with Crippen molar-refractivity contribution in [2.45, 2.75) is 13.8 Å². The second-order valence-electron chi connectivity index (χ2n) is 7.53. The van der Waals surface area contributed by atoms with Crippen LogP contribution in [0, 0.1) is 6.92 Å². The lowest BCUT2D eigenvalue weighted by Crippen LogP contribution is -2.12. The first-order chi connectivity index (χ1) is 16.5. The monoisotopic (exact) mass is 458 g/mol. The standard InChI is InChI=1S/C26H26N4O4/c1-5-34-26-28-24(18-8-6-17(2)7-9-18)30(29-26)21-12-10-20(11-13-21)27-25(31)19-14-22(32-3)16-23(15-19)33-4/h6-16H,5H2,1-4H3,(H,27,31). The van der Waals surface area contributed by atoms with Gasteiger partial charge in [0.05, 0.1) is 26.5 Å². The summed E-state index contributed by atoms with van der Waals surface area (Å²) >= 11 is 0. The van der Waals surface area contributed by atoms with Crippen molar-refractivity contribution in [1.82, 2.24) is 14.8 Å². The largest absolute Gasteiger partial charge is 0.497 e. The molecule has 8 heteroatoms. The second kappa shape index (κ2) is 10.1. The number of benzene rings is 3. The number of ether oxygens (including phenoxy) is 3. The highest BCUT2D eigenvalue weighted by Gasteiger charge is 2.15. The fourth-order valence-corrected chi connectivity index (χ4v) is 3.38. The Labute approximate surface area is 198 Å². The van der Waals surface area contributed by atoms with E-state index in [4.69, 9.17) is 14.2 Å². The Morgan fingerprint density at radius 3 is 2.18 bits per heavy atom. The molecule has 0 aliphatic heterocycles. The summed E-state index contributed by atoms with van der Waals surface area (Å²) in [6.07, 6.45) is 0. The molecule has 0 aliphatic carbocycles. The number of hydrogen-bond donors (Lipinski definition) is 1. The molecule has 0 atom stereocenters. The minimum Gasteiger partial charge on any atom is -0.497 e. The molecular formula is C26H26N4O4. The van der Waals surface area contributed by atoms with Gasteiger partial charge >= 0.3 is 6.01 Å². The molecule has 4 aromatic rings. The van der Waals surface area contributed by atoms with Crippen molar-refractivity contribution in [2.24, 2.45) is 0 Å². The number of amides is 1. The molecule has 3 aromatic carbocycles. The number of rotatable bonds is 8. The lowest BCUT2D eigenvalue weighted by Gasteiger charge is -2.10. The minimum absolute atomic E-state index is 0.273. The van der Waals surface area contributed by atoms with E-state index in [0.717, 1.165) is 16.8 Å². The molecule has 0 bridgehead atoms. The van der Waals surface area contributed by atoms with Gasteiger partial charge in [0, 0.05) is 22.9 Å². The van der Waals surface area contributed by atoms with Gasteiger partial charge in [-0.3, -0.25) is 4.79 Å². The van der Waals surface area contributed by atoms with E-state index in [2.05, 4.69) is 15.4 Å². The van der Waals surface area contributed by atoms with Gasteiger partial charge in [-0.1, -0.05) is 29.8 Å². The van der Waals surface area contributed by atoms with Gasteiger partial charge in [0.15, 0.2) is 5.82 Å². The maximum absolute atomic E-state index is 12.8. The van der Waals surface area contributed by atoms with Crippen molar-refractivity contribution in [3.05, 3.63) is 77.9 Å². The average Bonchev–Trinajstić information content (AvgIpc) is 3.28. The van der Waals surface area contributed by atoms with Crippen molar-refractivity contribution in [2.75, 3.05) is 26.1 Å². The molecule has 0 fully saturated rings. The number of methoxy groups -OCH3 is 2. The molecule has 174 valence electrons. The normalized spacial score (nSPS) is 10.6. The number of anilines is 1. The van der Waals surface area contributed by atoms with Crippen LogP contribution >= 0.6 is 0 Å². The van der Waals surface area contributed by atoms with Gasteiger partial charge in [0.2, 0.25) is 0 Å². The summed E-state index contributed by atoms with van der Waals surface area (Å²) in [5.41, 5.74) is 3.94. The van der Waals surface area contributed by atoms with E-state index < -0.39 is 0 Å². The Kier molecular flexibility index (Phi) is 6.77. The highest BCUT2D eigenvalue weighted by atomic mass is 16.5. The highest BCUT2D eigenvalue weighted by molar-refractivity contribution is 6.04. The van der Waals surface area contributed by atoms with Crippen LogP contribution in [-0.2, 0) is 0 Å². The molecule has 0 radical (unpaired) electrons. The van der Waals surface area contributed by atoms with E-state index >= 15 is 0 Å². The number of aryl methyl sites for hydroxylation is 1. The molecule has 1 aromatic heterocycles. The zero-order chi connectivity index (χ0) is 24.1. The summed E-state index contributed by atoms with van der Waals surface area (Å²) in [6.45, 7) is 4.40. The highest BCUT2D eigenvalue weighted by Crippen LogP contribution is 2.26. The lowest BCUT2D eigenvalue weighted by molar-refractivity contribution is 0.102. The lowest BCUT2D eigenvalue weighted by atomic mass is 10.1. The molecule has 1 amide bonds. The Hall–Kier alpha value is -4.33. The zero-order valence-electron chi connectivity index (χ0n) is 19.5. The van der Waals surface area contributed by atoms with Crippen LogP contribution in [0.1, 0.15) is 22.8 Å². The van der Waals surface area contributed by atoms with Gasteiger partial charge in [-0.05, 0) is 50.2 Å². The van der Waals surface area contributed by atoms with E-state index in [1.165, 1.54) is 0 Å². The van der Waals surface area contributed by atoms with Crippen molar-refractivity contribution >= 4 is 11.6 Å². The fourth-order valence-electron chi connectivity index (χ4n) is 3.38. The first-order valence-electron chi connectivity index (χ1n) is 10.8. The maximum atomic E-state index is 12.8.